The van der Waals surface area contributed by atoms with Crippen molar-refractivity contribution >= 4 is 27.6 Å². The van der Waals surface area contributed by atoms with Gasteiger partial charge in [0.1, 0.15) is 43.2 Å². The second-order valence-electron chi connectivity index (χ2n) is 15.9. The molecule has 0 heterocycles. The van der Waals surface area contributed by atoms with E-state index in [0.29, 0.717) is 32.1 Å². The molecule has 6 unspecified atom stereocenters. The van der Waals surface area contributed by atoms with Gasteiger partial charge in [0, 0.05) is 12.8 Å². The number of aliphatic hydroxyl groups is 5. The zero-order valence-electron chi connectivity index (χ0n) is 39.6. The van der Waals surface area contributed by atoms with Crippen LogP contribution in [0.25, 0.3) is 0 Å². The van der Waals surface area contributed by atoms with E-state index in [-0.39, 0.29) is 12.8 Å². The number of phosphoric ester groups is 2. The second-order valence-corrected chi connectivity index (χ2v) is 18.5. The van der Waals surface area contributed by atoms with Crippen LogP contribution in [0, 0.1) is 0 Å². The van der Waals surface area contributed by atoms with E-state index in [2.05, 4.69) is 79.1 Å². The number of carbonyl (C=O) groups is 2. The van der Waals surface area contributed by atoms with Crippen molar-refractivity contribution in [1.29, 1.82) is 0 Å². The van der Waals surface area contributed by atoms with E-state index in [4.69, 9.17) is 18.5 Å². The summed E-state index contributed by atoms with van der Waals surface area (Å²) in [7, 11) is -10.7. The maximum Gasteiger partial charge on any atom is 0.472 e. The fourth-order valence-electron chi connectivity index (χ4n) is 6.31. The Morgan fingerprint density at radius 1 is 0.544 bits per heavy atom. The normalized spacial score (nSPS) is 22.7. The van der Waals surface area contributed by atoms with E-state index in [1.54, 1.807) is 12.2 Å². The first-order valence-corrected chi connectivity index (χ1v) is 26.6. The molecule has 1 aliphatic rings. The molecular formula is C49H78O17P2. The fraction of sp³-hybridized carbons (Fsp3) is 0.592. The molecule has 9 atom stereocenters. The van der Waals surface area contributed by atoms with Crippen molar-refractivity contribution in [2.75, 3.05) is 13.2 Å². The number of esters is 2. The molecule has 1 saturated carbocycles. The first kappa shape index (κ1) is 62.6. The molecule has 0 saturated heterocycles. The van der Waals surface area contributed by atoms with E-state index in [1.807, 2.05) is 36.5 Å². The van der Waals surface area contributed by atoms with Gasteiger partial charge in [0.15, 0.2) is 6.10 Å². The van der Waals surface area contributed by atoms with Crippen LogP contribution in [0.15, 0.2) is 109 Å². The lowest BCUT2D eigenvalue weighted by Crippen LogP contribution is -2.64. The van der Waals surface area contributed by atoms with Gasteiger partial charge in [0.05, 0.1) is 12.7 Å². The Bertz CT molecular complexity index is 1750. The van der Waals surface area contributed by atoms with Crippen LogP contribution >= 0.6 is 15.6 Å². The minimum atomic E-state index is -5.39. The van der Waals surface area contributed by atoms with Crippen molar-refractivity contribution in [3.63, 3.8) is 0 Å². The van der Waals surface area contributed by atoms with Crippen molar-refractivity contribution in [3.8, 4) is 0 Å². The van der Waals surface area contributed by atoms with Crippen molar-refractivity contribution in [1.82, 2.24) is 0 Å². The van der Waals surface area contributed by atoms with Crippen LogP contribution in [0.1, 0.15) is 123 Å². The summed E-state index contributed by atoms with van der Waals surface area (Å²) in [6.07, 6.45) is 32.2. The van der Waals surface area contributed by atoms with E-state index in [0.717, 1.165) is 64.2 Å². The highest BCUT2D eigenvalue weighted by Crippen LogP contribution is 2.49. The third kappa shape index (κ3) is 32.4. The molecule has 19 heteroatoms. The lowest BCUT2D eigenvalue weighted by atomic mass is 9.85. The SMILES string of the molecule is CC/C=C\C/C=C\C/C=C\C/C=C\CCCCCCC(=O)O[C@H](COC(=O)CCC/C=C\C/C=C\C=C\C(O)C/C=C\C/C=C\CC)COP(=O)(O)O[C@H]1C(O)C(O)C(O)[C@@H](OP(=O)(O)O)C1O. The molecule has 1 aliphatic carbocycles. The van der Waals surface area contributed by atoms with Gasteiger partial charge >= 0.3 is 27.6 Å². The van der Waals surface area contributed by atoms with Gasteiger partial charge in [-0.1, -0.05) is 136 Å². The summed E-state index contributed by atoms with van der Waals surface area (Å²) < 4.78 is 49.3. The van der Waals surface area contributed by atoms with Crippen LogP contribution in [0.5, 0.6) is 0 Å². The molecule has 0 spiro atoms. The first-order chi connectivity index (χ1) is 32.5. The van der Waals surface area contributed by atoms with E-state index in [9.17, 15) is 58.9 Å². The Morgan fingerprint density at radius 2 is 1.04 bits per heavy atom. The molecule has 0 aromatic carbocycles. The molecule has 0 aliphatic heterocycles. The molecule has 1 fully saturated rings. The average molecular weight is 1000 g/mol. The lowest BCUT2D eigenvalue weighted by molar-refractivity contribution is -0.216. The summed E-state index contributed by atoms with van der Waals surface area (Å²) in [5.74, 6) is -1.35. The maximum atomic E-state index is 13.0. The Kier molecular flexibility index (Phi) is 35.4. The largest absolute Gasteiger partial charge is 0.472 e. The number of aliphatic hydroxyl groups excluding tert-OH is 5. The number of ether oxygens (including phenoxy) is 2. The fourth-order valence-corrected chi connectivity index (χ4v) is 7.85. The van der Waals surface area contributed by atoms with Crippen LogP contribution in [0.3, 0.4) is 0 Å². The average Bonchev–Trinajstić information content (AvgIpc) is 3.29. The van der Waals surface area contributed by atoms with Crippen LogP contribution in [-0.4, -0.2) is 114 Å². The van der Waals surface area contributed by atoms with E-state index in [1.165, 1.54) is 0 Å². The lowest BCUT2D eigenvalue weighted by Gasteiger charge is -2.43. The zero-order valence-corrected chi connectivity index (χ0v) is 41.4. The van der Waals surface area contributed by atoms with Gasteiger partial charge in [-0.3, -0.25) is 23.2 Å². The molecule has 1 rings (SSSR count). The standard InChI is InChI=1S/C49H78O17P2/c1-3-5-7-9-11-12-13-14-15-16-17-18-19-20-25-29-33-37-43(52)64-41(39-63-68(60,61)66-49-46(55)44(53)45(54)48(47(49)56)65-67(57,58)59)38-62-42(51)36-32-28-24-22-21-23-27-31-35-40(50)34-30-26-10-8-6-4-2/h5-8,11-12,14-15,17-18,22-24,26-27,30-31,35,40-41,44-50,53-56H,3-4,9-10,13,16,19-21,25,28-29,32-34,36-39H2,1-2H3,(H,60,61)(H2,57,58,59)/b7-5-,8-6-,12-11-,15-14-,18-17-,24-22-,27-23-,30-26-,35-31+/t40?,41-,44?,45?,46?,47?,48-,49+/m1/s1. The van der Waals surface area contributed by atoms with Gasteiger partial charge in [-0.15, -0.1) is 0 Å². The number of hydrogen-bond acceptors (Lipinski definition) is 14. The summed E-state index contributed by atoms with van der Waals surface area (Å²) in [5, 5.41) is 51.3. The summed E-state index contributed by atoms with van der Waals surface area (Å²) in [6.45, 7) is 2.72. The number of phosphoric acid groups is 2. The van der Waals surface area contributed by atoms with E-state index >= 15 is 0 Å². The number of unbranched alkanes of at least 4 members (excludes halogenated alkanes) is 5. The molecule has 386 valence electrons. The van der Waals surface area contributed by atoms with Crippen molar-refractivity contribution in [2.45, 2.75) is 172 Å². The van der Waals surface area contributed by atoms with Gasteiger partial charge in [-0.2, -0.15) is 0 Å². The minimum absolute atomic E-state index is 0.00231. The van der Waals surface area contributed by atoms with Crippen LogP contribution < -0.4 is 0 Å². The monoisotopic (exact) mass is 1000 g/mol. The predicted molar refractivity (Wildman–Crippen MR) is 261 cm³/mol. The minimum Gasteiger partial charge on any atom is -0.462 e. The number of rotatable bonds is 37. The highest BCUT2D eigenvalue weighted by molar-refractivity contribution is 7.47. The Hall–Kier alpha value is -3.38. The van der Waals surface area contributed by atoms with Gasteiger partial charge in [-0.05, 0) is 83.5 Å². The summed E-state index contributed by atoms with van der Waals surface area (Å²) in [6, 6.07) is 0. The first-order valence-electron chi connectivity index (χ1n) is 23.5. The van der Waals surface area contributed by atoms with Crippen LogP contribution in [0.4, 0.5) is 0 Å². The van der Waals surface area contributed by atoms with Gasteiger partial charge in [-0.25, -0.2) is 9.13 Å². The molecule has 0 radical (unpaired) electrons. The highest BCUT2D eigenvalue weighted by atomic mass is 31.2. The maximum absolute atomic E-state index is 13.0. The van der Waals surface area contributed by atoms with Gasteiger partial charge < -0.3 is 49.7 Å². The topological polar surface area (TPSA) is 276 Å². The predicted octanol–water partition coefficient (Wildman–Crippen LogP) is 7.92. The molecule has 17 nitrogen and oxygen atoms in total. The van der Waals surface area contributed by atoms with Crippen molar-refractivity contribution < 1.29 is 82.0 Å². The summed E-state index contributed by atoms with van der Waals surface area (Å²) >= 11 is 0. The number of hydrogen-bond donors (Lipinski definition) is 8. The van der Waals surface area contributed by atoms with Crippen molar-refractivity contribution in [3.05, 3.63) is 109 Å². The van der Waals surface area contributed by atoms with Crippen LogP contribution in [-0.2, 0) is 41.8 Å². The summed E-state index contributed by atoms with van der Waals surface area (Å²) in [5.41, 5.74) is 0. The van der Waals surface area contributed by atoms with Crippen LogP contribution in [0.2, 0.25) is 0 Å². The number of allylic oxidation sites excluding steroid dienone is 16. The second kappa shape index (κ2) is 38.4. The Balaban J connectivity index is 2.69. The highest BCUT2D eigenvalue weighted by Gasteiger charge is 2.54. The molecule has 0 aromatic rings. The quantitative estimate of drug-likeness (QED) is 0.00965. The third-order valence-electron chi connectivity index (χ3n) is 9.92. The summed E-state index contributed by atoms with van der Waals surface area (Å²) in [4.78, 5) is 54.3. The van der Waals surface area contributed by atoms with E-state index < -0.39 is 89.6 Å². The molecule has 0 aromatic heterocycles. The molecule has 8 N–H and O–H groups in total. The Labute approximate surface area is 402 Å². The zero-order chi connectivity index (χ0) is 50.5. The smallest absolute Gasteiger partial charge is 0.462 e. The Morgan fingerprint density at radius 3 is 1.63 bits per heavy atom. The van der Waals surface area contributed by atoms with Crippen molar-refractivity contribution in [2.24, 2.45) is 0 Å². The molecule has 0 bridgehead atoms. The van der Waals surface area contributed by atoms with Gasteiger partial charge in [0.25, 0.3) is 0 Å². The molecular weight excluding hydrogens is 922 g/mol. The number of carbonyl (C=O) groups excluding carboxylic acids is 2. The molecule has 68 heavy (non-hydrogen) atoms. The molecule has 0 amide bonds. The van der Waals surface area contributed by atoms with Gasteiger partial charge in [0.2, 0.25) is 0 Å². The third-order valence-corrected chi connectivity index (χ3v) is 11.4.